The van der Waals surface area contributed by atoms with E-state index in [0.29, 0.717) is 24.7 Å². The summed E-state index contributed by atoms with van der Waals surface area (Å²) in [7, 11) is 0. The highest BCUT2D eigenvalue weighted by molar-refractivity contribution is 5.92. The van der Waals surface area contributed by atoms with Crippen LogP contribution in [0.25, 0.3) is 0 Å². The number of nitrogens with one attached hydrogen (secondary N) is 2. The normalized spacial score (nSPS) is 16.6. The first-order chi connectivity index (χ1) is 12.2. The first kappa shape index (κ1) is 17.6. The minimum Gasteiger partial charge on any atom is -0.396 e. The van der Waals surface area contributed by atoms with E-state index >= 15 is 0 Å². The Hall–Kier alpha value is -2.25. The molecule has 3 rings (SSSR count). The molecular formula is C18H22FN3O3. The summed E-state index contributed by atoms with van der Waals surface area (Å²) in [4.78, 5) is 12.5. The summed E-state index contributed by atoms with van der Waals surface area (Å²) >= 11 is 0. The summed E-state index contributed by atoms with van der Waals surface area (Å²) < 4.78 is 19.3. The van der Waals surface area contributed by atoms with Gasteiger partial charge in [0.25, 0.3) is 5.91 Å². The molecule has 0 spiro atoms. The molecule has 1 aromatic carbocycles. The molecule has 3 N–H and O–H groups in total. The van der Waals surface area contributed by atoms with Gasteiger partial charge < -0.3 is 15.2 Å². The van der Waals surface area contributed by atoms with Crippen LogP contribution in [-0.2, 0) is 4.74 Å². The van der Waals surface area contributed by atoms with E-state index in [9.17, 15) is 14.3 Å². The fourth-order valence-corrected chi connectivity index (χ4v) is 3.10. The second-order valence-corrected chi connectivity index (χ2v) is 6.16. The highest BCUT2D eigenvalue weighted by Crippen LogP contribution is 2.26. The van der Waals surface area contributed by atoms with Crippen molar-refractivity contribution in [2.45, 2.75) is 31.2 Å². The zero-order chi connectivity index (χ0) is 17.6. The van der Waals surface area contributed by atoms with Gasteiger partial charge in [0.1, 0.15) is 11.5 Å². The van der Waals surface area contributed by atoms with Crippen LogP contribution in [0.5, 0.6) is 0 Å². The highest BCUT2D eigenvalue weighted by Gasteiger charge is 2.22. The number of hydrogen-bond donors (Lipinski definition) is 3. The van der Waals surface area contributed by atoms with E-state index in [1.165, 1.54) is 6.07 Å². The van der Waals surface area contributed by atoms with Crippen LogP contribution in [0.1, 0.15) is 53.0 Å². The zero-order valence-electron chi connectivity index (χ0n) is 13.9. The summed E-state index contributed by atoms with van der Waals surface area (Å²) in [6, 6.07) is 7.36. The molecule has 134 valence electrons. The van der Waals surface area contributed by atoms with Gasteiger partial charge in [0, 0.05) is 37.0 Å². The van der Waals surface area contributed by atoms with Crippen LogP contribution in [-0.4, -0.2) is 41.0 Å². The van der Waals surface area contributed by atoms with Gasteiger partial charge in [-0.15, -0.1) is 0 Å². The summed E-state index contributed by atoms with van der Waals surface area (Å²) in [6.45, 7) is 1.25. The van der Waals surface area contributed by atoms with Crippen molar-refractivity contribution >= 4 is 5.91 Å². The number of amides is 1. The summed E-state index contributed by atoms with van der Waals surface area (Å²) in [5.41, 5.74) is 1.53. The van der Waals surface area contributed by atoms with Crippen LogP contribution in [0.15, 0.2) is 30.3 Å². The standard InChI is InChI=1S/C18H22FN3O3/c19-14-4-2-1-3-13(14)15(5-8-23)20-18(24)17-11-16(21-22-17)12-6-9-25-10-7-12/h1-4,11-12,15,23H,5-10H2,(H,20,24)(H,21,22). The number of ether oxygens (including phenoxy) is 1. The van der Waals surface area contributed by atoms with Crippen molar-refractivity contribution in [3.8, 4) is 0 Å². The number of aliphatic hydroxyl groups excluding tert-OH is 1. The summed E-state index contributed by atoms with van der Waals surface area (Å²) in [6.07, 6.45) is 2.02. The Labute approximate surface area is 145 Å². The number of benzene rings is 1. The molecule has 1 amide bonds. The molecular weight excluding hydrogens is 325 g/mol. The molecule has 1 aliphatic rings. The van der Waals surface area contributed by atoms with E-state index in [2.05, 4.69) is 15.5 Å². The van der Waals surface area contributed by atoms with Crippen LogP contribution in [0.2, 0.25) is 0 Å². The fraction of sp³-hybridized carbons (Fsp3) is 0.444. The van der Waals surface area contributed by atoms with E-state index in [4.69, 9.17) is 4.74 Å². The minimum atomic E-state index is -0.609. The van der Waals surface area contributed by atoms with E-state index < -0.39 is 17.8 Å². The third-order valence-corrected chi connectivity index (χ3v) is 4.50. The van der Waals surface area contributed by atoms with Crippen molar-refractivity contribution < 1.29 is 19.0 Å². The van der Waals surface area contributed by atoms with Crippen molar-refractivity contribution in [3.05, 3.63) is 53.1 Å². The van der Waals surface area contributed by atoms with E-state index in [-0.39, 0.29) is 18.7 Å². The second-order valence-electron chi connectivity index (χ2n) is 6.16. The molecule has 0 saturated carbocycles. The summed E-state index contributed by atoms with van der Waals surface area (Å²) in [5.74, 6) is -0.495. The van der Waals surface area contributed by atoms with Gasteiger partial charge in [-0.1, -0.05) is 18.2 Å². The van der Waals surface area contributed by atoms with Crippen LogP contribution in [0.4, 0.5) is 4.39 Å². The number of halogens is 1. The molecule has 25 heavy (non-hydrogen) atoms. The van der Waals surface area contributed by atoms with Crippen molar-refractivity contribution in [2.24, 2.45) is 0 Å². The molecule has 7 heteroatoms. The lowest BCUT2D eigenvalue weighted by Crippen LogP contribution is -2.30. The quantitative estimate of drug-likeness (QED) is 0.748. The van der Waals surface area contributed by atoms with Gasteiger partial charge in [0.2, 0.25) is 0 Å². The molecule has 2 heterocycles. The molecule has 1 saturated heterocycles. The Balaban J connectivity index is 1.71. The number of hydrogen-bond acceptors (Lipinski definition) is 4. The largest absolute Gasteiger partial charge is 0.396 e. The molecule has 1 unspecified atom stereocenters. The Morgan fingerprint density at radius 2 is 2.16 bits per heavy atom. The van der Waals surface area contributed by atoms with Gasteiger partial charge in [-0.3, -0.25) is 9.89 Å². The predicted octanol–water partition coefficient (Wildman–Crippen LogP) is 2.30. The predicted molar refractivity (Wildman–Crippen MR) is 89.7 cm³/mol. The second kappa shape index (κ2) is 8.22. The highest BCUT2D eigenvalue weighted by atomic mass is 19.1. The molecule has 0 radical (unpaired) electrons. The molecule has 1 atom stereocenters. The maximum absolute atomic E-state index is 14.0. The van der Waals surface area contributed by atoms with E-state index in [0.717, 1.165) is 18.5 Å². The lowest BCUT2D eigenvalue weighted by molar-refractivity contribution is 0.0845. The number of aromatic nitrogens is 2. The Morgan fingerprint density at radius 1 is 1.40 bits per heavy atom. The fourth-order valence-electron chi connectivity index (χ4n) is 3.10. The zero-order valence-corrected chi connectivity index (χ0v) is 13.9. The molecule has 0 bridgehead atoms. The molecule has 6 nitrogen and oxygen atoms in total. The number of carbonyl (C=O) groups excluding carboxylic acids is 1. The average Bonchev–Trinajstić information content (AvgIpc) is 3.13. The maximum atomic E-state index is 14.0. The monoisotopic (exact) mass is 347 g/mol. The number of carbonyl (C=O) groups is 1. The molecule has 1 aromatic heterocycles. The lowest BCUT2D eigenvalue weighted by Gasteiger charge is -2.20. The number of H-pyrrole nitrogens is 1. The van der Waals surface area contributed by atoms with Crippen molar-refractivity contribution in [2.75, 3.05) is 19.8 Å². The van der Waals surface area contributed by atoms with Gasteiger partial charge in [-0.2, -0.15) is 5.10 Å². The third-order valence-electron chi connectivity index (χ3n) is 4.50. The minimum absolute atomic E-state index is 0.160. The first-order valence-electron chi connectivity index (χ1n) is 8.48. The number of nitrogens with zero attached hydrogens (tertiary/aromatic N) is 1. The van der Waals surface area contributed by atoms with Crippen molar-refractivity contribution in [3.63, 3.8) is 0 Å². The Bertz CT molecular complexity index is 713. The van der Waals surface area contributed by atoms with Gasteiger partial charge in [-0.05, 0) is 31.4 Å². The number of aromatic amines is 1. The topological polar surface area (TPSA) is 87.2 Å². The van der Waals surface area contributed by atoms with Crippen LogP contribution in [0.3, 0.4) is 0 Å². The van der Waals surface area contributed by atoms with Crippen LogP contribution < -0.4 is 5.32 Å². The van der Waals surface area contributed by atoms with Gasteiger partial charge in [0.05, 0.1) is 6.04 Å². The SMILES string of the molecule is O=C(NC(CCO)c1ccccc1F)c1cc(C2CCOCC2)[nH]n1. The molecule has 2 aromatic rings. The number of aliphatic hydroxyl groups is 1. The smallest absolute Gasteiger partial charge is 0.272 e. The van der Waals surface area contributed by atoms with Crippen LogP contribution >= 0.6 is 0 Å². The Morgan fingerprint density at radius 3 is 2.88 bits per heavy atom. The average molecular weight is 347 g/mol. The first-order valence-corrected chi connectivity index (χ1v) is 8.48. The Kier molecular flexibility index (Phi) is 5.78. The van der Waals surface area contributed by atoms with E-state index in [1.807, 2.05) is 0 Å². The lowest BCUT2D eigenvalue weighted by atomic mass is 9.96. The van der Waals surface area contributed by atoms with Crippen molar-refractivity contribution in [1.29, 1.82) is 0 Å². The van der Waals surface area contributed by atoms with Crippen molar-refractivity contribution in [1.82, 2.24) is 15.5 Å². The molecule has 0 aliphatic carbocycles. The van der Waals surface area contributed by atoms with Gasteiger partial charge >= 0.3 is 0 Å². The van der Waals surface area contributed by atoms with Gasteiger partial charge in [0.15, 0.2) is 0 Å². The summed E-state index contributed by atoms with van der Waals surface area (Å²) in [5, 5.41) is 19.0. The molecule has 1 fully saturated rings. The number of rotatable bonds is 6. The molecule has 1 aliphatic heterocycles. The maximum Gasteiger partial charge on any atom is 0.272 e. The third kappa shape index (κ3) is 4.24. The van der Waals surface area contributed by atoms with Crippen LogP contribution in [0, 0.1) is 5.82 Å². The van der Waals surface area contributed by atoms with Gasteiger partial charge in [-0.25, -0.2) is 4.39 Å². The van der Waals surface area contributed by atoms with E-state index in [1.54, 1.807) is 24.3 Å².